The Labute approximate surface area is 269 Å². The van der Waals surface area contributed by atoms with E-state index in [9.17, 15) is 19.8 Å². The van der Waals surface area contributed by atoms with Crippen molar-refractivity contribution in [1.82, 2.24) is 0 Å². The average Bonchev–Trinajstić information content (AvgIpc) is 3.01. The Morgan fingerprint density at radius 2 is 0.682 bits per heavy atom. The highest BCUT2D eigenvalue weighted by Gasteiger charge is 2.21. The normalized spacial score (nSPS) is 11.1. The molecule has 1 aromatic carbocycles. The highest BCUT2D eigenvalue weighted by molar-refractivity contribution is 5.98. The molecule has 0 spiro atoms. The van der Waals surface area contributed by atoms with E-state index in [-0.39, 0.29) is 22.6 Å². The Morgan fingerprint density at radius 3 is 0.932 bits per heavy atom. The standard InChI is InChI=1S/C38H66O6/c1-3-5-7-9-11-13-15-17-19-21-23-25-27-29-43-35-32-36(34(38(41)42)31-33(35)37(39)40)44-30-28-26-24-22-20-18-16-14-12-10-8-6-4-2/h31-32H,3-30H2,1-2H3,(H,39,40)(H,41,42). The van der Waals surface area contributed by atoms with Gasteiger partial charge in [-0.25, -0.2) is 9.59 Å². The van der Waals surface area contributed by atoms with Crippen molar-refractivity contribution in [2.45, 2.75) is 181 Å². The molecule has 0 saturated heterocycles. The molecule has 0 bridgehead atoms. The van der Waals surface area contributed by atoms with Crippen LogP contribution in [0.4, 0.5) is 0 Å². The van der Waals surface area contributed by atoms with Crippen molar-refractivity contribution in [1.29, 1.82) is 0 Å². The predicted octanol–water partition coefficient (Wildman–Crippen LogP) is 12.0. The second kappa shape index (κ2) is 28.2. The van der Waals surface area contributed by atoms with Gasteiger partial charge in [0.1, 0.15) is 22.6 Å². The molecular formula is C38H66O6. The number of benzene rings is 1. The molecule has 0 aliphatic rings. The summed E-state index contributed by atoms with van der Waals surface area (Å²) in [4.78, 5) is 23.7. The van der Waals surface area contributed by atoms with Gasteiger partial charge in [-0.05, 0) is 18.9 Å². The van der Waals surface area contributed by atoms with E-state index in [0.29, 0.717) is 13.2 Å². The van der Waals surface area contributed by atoms with Crippen molar-refractivity contribution in [3.63, 3.8) is 0 Å². The minimum atomic E-state index is -1.20. The summed E-state index contributed by atoms with van der Waals surface area (Å²) < 4.78 is 11.7. The van der Waals surface area contributed by atoms with Crippen molar-refractivity contribution < 1.29 is 29.3 Å². The molecule has 2 N–H and O–H groups in total. The Morgan fingerprint density at radius 1 is 0.432 bits per heavy atom. The number of rotatable bonds is 32. The van der Waals surface area contributed by atoms with Crippen molar-refractivity contribution >= 4 is 11.9 Å². The molecule has 0 aliphatic carbocycles. The third-order valence-electron chi connectivity index (χ3n) is 8.55. The number of carboxylic acids is 2. The van der Waals surface area contributed by atoms with E-state index >= 15 is 0 Å². The van der Waals surface area contributed by atoms with Crippen LogP contribution in [0, 0.1) is 0 Å². The number of hydrogen-bond acceptors (Lipinski definition) is 4. The molecule has 0 radical (unpaired) electrons. The van der Waals surface area contributed by atoms with Gasteiger partial charge in [0.05, 0.1) is 13.2 Å². The van der Waals surface area contributed by atoms with Crippen LogP contribution < -0.4 is 9.47 Å². The summed E-state index contributed by atoms with van der Waals surface area (Å²) in [6.45, 7) is 5.32. The maximum Gasteiger partial charge on any atom is 0.339 e. The SMILES string of the molecule is CCCCCCCCCCCCCCCOc1cc(OCCCCCCCCCCCCCCC)c(C(=O)O)cc1C(=O)O. The summed E-state index contributed by atoms with van der Waals surface area (Å²) >= 11 is 0. The quantitative estimate of drug-likeness (QED) is 0.0780. The van der Waals surface area contributed by atoms with Gasteiger partial charge >= 0.3 is 11.9 Å². The van der Waals surface area contributed by atoms with Crippen molar-refractivity contribution in [2.24, 2.45) is 0 Å². The fourth-order valence-corrected chi connectivity index (χ4v) is 5.74. The minimum Gasteiger partial charge on any atom is -0.493 e. The van der Waals surface area contributed by atoms with E-state index in [1.807, 2.05) is 0 Å². The third kappa shape index (κ3) is 20.7. The van der Waals surface area contributed by atoms with Crippen LogP contribution in [-0.4, -0.2) is 35.4 Å². The van der Waals surface area contributed by atoms with E-state index < -0.39 is 11.9 Å². The lowest BCUT2D eigenvalue weighted by Gasteiger charge is -2.15. The zero-order chi connectivity index (χ0) is 32.1. The second-order valence-corrected chi connectivity index (χ2v) is 12.6. The van der Waals surface area contributed by atoms with Gasteiger partial charge in [-0.3, -0.25) is 0 Å². The lowest BCUT2D eigenvalue weighted by Crippen LogP contribution is -2.10. The molecule has 1 aromatic rings. The summed E-state index contributed by atoms with van der Waals surface area (Å²) in [5.41, 5.74) is -0.268. The maximum atomic E-state index is 11.8. The van der Waals surface area contributed by atoms with E-state index in [4.69, 9.17) is 9.47 Å². The van der Waals surface area contributed by atoms with Gasteiger partial charge in [-0.2, -0.15) is 0 Å². The van der Waals surface area contributed by atoms with Gasteiger partial charge in [0, 0.05) is 6.07 Å². The van der Waals surface area contributed by atoms with Crippen LogP contribution in [0.15, 0.2) is 12.1 Å². The molecule has 0 atom stereocenters. The Bertz CT molecular complexity index is 787. The summed E-state index contributed by atoms with van der Waals surface area (Å²) in [7, 11) is 0. The smallest absolute Gasteiger partial charge is 0.339 e. The number of hydrogen-bond donors (Lipinski definition) is 2. The minimum absolute atomic E-state index is 0.134. The highest BCUT2D eigenvalue weighted by Crippen LogP contribution is 2.30. The molecule has 0 unspecified atom stereocenters. The van der Waals surface area contributed by atoms with Gasteiger partial charge in [-0.15, -0.1) is 0 Å². The first-order chi connectivity index (χ1) is 21.5. The lowest BCUT2D eigenvalue weighted by molar-refractivity contribution is 0.0692. The molecule has 0 fully saturated rings. The predicted molar refractivity (Wildman–Crippen MR) is 183 cm³/mol. The summed E-state index contributed by atoms with van der Waals surface area (Å²) in [5.74, 6) is -2.03. The summed E-state index contributed by atoms with van der Waals surface area (Å²) in [5, 5.41) is 19.3. The van der Waals surface area contributed by atoms with Crippen LogP contribution in [-0.2, 0) is 0 Å². The number of ether oxygens (including phenoxy) is 2. The number of unbranched alkanes of at least 4 members (excludes halogenated alkanes) is 24. The van der Waals surface area contributed by atoms with E-state index in [1.54, 1.807) is 0 Å². The maximum absolute atomic E-state index is 11.8. The van der Waals surface area contributed by atoms with Gasteiger partial charge in [-0.1, -0.05) is 168 Å². The average molecular weight is 619 g/mol. The lowest BCUT2D eigenvalue weighted by atomic mass is 10.0. The van der Waals surface area contributed by atoms with Gasteiger partial charge in [0.25, 0.3) is 0 Å². The topological polar surface area (TPSA) is 93.1 Å². The molecule has 0 amide bonds. The fraction of sp³-hybridized carbons (Fsp3) is 0.789. The Hall–Kier alpha value is -2.24. The van der Waals surface area contributed by atoms with Crippen molar-refractivity contribution in [3.05, 3.63) is 23.3 Å². The van der Waals surface area contributed by atoms with Crippen molar-refractivity contribution in [3.8, 4) is 11.5 Å². The van der Waals surface area contributed by atoms with Crippen LogP contribution in [0.2, 0.25) is 0 Å². The first-order valence-corrected chi connectivity index (χ1v) is 18.4. The van der Waals surface area contributed by atoms with Gasteiger partial charge < -0.3 is 19.7 Å². The summed E-state index contributed by atoms with van der Waals surface area (Å²) in [6, 6.07) is 2.63. The van der Waals surface area contributed by atoms with Crippen LogP contribution in [0.25, 0.3) is 0 Å². The number of aromatic carboxylic acids is 2. The Kier molecular flexibility index (Phi) is 25.5. The number of carbonyl (C=O) groups is 2. The molecule has 0 saturated carbocycles. The van der Waals surface area contributed by atoms with Gasteiger partial charge in [0.2, 0.25) is 0 Å². The first kappa shape index (κ1) is 39.8. The monoisotopic (exact) mass is 618 g/mol. The van der Waals surface area contributed by atoms with Crippen LogP contribution in [0.5, 0.6) is 11.5 Å². The van der Waals surface area contributed by atoms with Crippen LogP contribution in [0.1, 0.15) is 202 Å². The van der Waals surface area contributed by atoms with Gasteiger partial charge in [0.15, 0.2) is 0 Å². The molecular weight excluding hydrogens is 552 g/mol. The first-order valence-electron chi connectivity index (χ1n) is 18.4. The molecule has 44 heavy (non-hydrogen) atoms. The molecule has 0 aliphatic heterocycles. The zero-order valence-electron chi connectivity index (χ0n) is 28.5. The van der Waals surface area contributed by atoms with E-state index in [1.165, 1.54) is 141 Å². The summed E-state index contributed by atoms with van der Waals surface area (Å²) in [6.07, 6.45) is 32.6. The number of carboxylic acid groups (broad SMARTS) is 2. The third-order valence-corrected chi connectivity index (χ3v) is 8.55. The van der Waals surface area contributed by atoms with E-state index in [2.05, 4.69) is 13.8 Å². The molecule has 6 heteroatoms. The van der Waals surface area contributed by atoms with E-state index in [0.717, 1.165) is 38.5 Å². The zero-order valence-corrected chi connectivity index (χ0v) is 28.5. The van der Waals surface area contributed by atoms with Crippen molar-refractivity contribution in [2.75, 3.05) is 13.2 Å². The highest BCUT2D eigenvalue weighted by atomic mass is 16.5. The largest absolute Gasteiger partial charge is 0.493 e. The molecule has 254 valence electrons. The van der Waals surface area contributed by atoms with Crippen LogP contribution in [0.3, 0.4) is 0 Å². The van der Waals surface area contributed by atoms with Crippen LogP contribution >= 0.6 is 0 Å². The fourth-order valence-electron chi connectivity index (χ4n) is 5.74. The molecule has 0 aromatic heterocycles. The Balaban J connectivity index is 2.29. The second-order valence-electron chi connectivity index (χ2n) is 12.6. The molecule has 0 heterocycles. The molecule has 6 nitrogen and oxygen atoms in total. The molecule has 1 rings (SSSR count).